The van der Waals surface area contributed by atoms with Gasteiger partial charge in [0.05, 0.1) is 18.1 Å². The summed E-state index contributed by atoms with van der Waals surface area (Å²) < 4.78 is 5.46. The summed E-state index contributed by atoms with van der Waals surface area (Å²) in [5, 5.41) is 13.2. The minimum Gasteiger partial charge on any atom is -0.480 e. The third-order valence-electron chi connectivity index (χ3n) is 6.80. The van der Waals surface area contributed by atoms with E-state index in [4.69, 9.17) is 4.74 Å². The molecule has 0 radical (unpaired) electrons. The minimum atomic E-state index is -1.10. The number of amides is 2. The summed E-state index contributed by atoms with van der Waals surface area (Å²) in [6.07, 6.45) is 6.30. The maximum absolute atomic E-state index is 12.8. The SMILES string of the molecule is CCN(CC)c1ncc(N(C(C)=O)c2cccnc2)c(N[C@@H](Cc2ccc(OC(=O)N3CCCC3)cc2)C(=O)O)n1. The molecule has 1 saturated heterocycles. The number of carbonyl (C=O) groups excluding carboxylic acids is 2. The third-order valence-corrected chi connectivity index (χ3v) is 6.80. The highest BCUT2D eigenvalue weighted by Crippen LogP contribution is 2.32. The molecule has 0 saturated carbocycles. The van der Waals surface area contributed by atoms with Gasteiger partial charge in [-0.3, -0.25) is 14.7 Å². The average Bonchev–Trinajstić information content (AvgIpc) is 3.51. The molecule has 12 heteroatoms. The number of rotatable bonds is 11. The van der Waals surface area contributed by atoms with Gasteiger partial charge < -0.3 is 25.0 Å². The number of aromatic nitrogens is 3. The number of likely N-dealkylation sites (tertiary alicyclic amines) is 1. The molecule has 0 spiro atoms. The first-order valence-corrected chi connectivity index (χ1v) is 13.7. The van der Waals surface area contributed by atoms with Gasteiger partial charge in [-0.05, 0) is 56.5 Å². The number of hydrogen-bond donors (Lipinski definition) is 2. The number of ether oxygens (including phenoxy) is 1. The minimum absolute atomic E-state index is 0.104. The fourth-order valence-electron chi connectivity index (χ4n) is 4.63. The zero-order valence-corrected chi connectivity index (χ0v) is 23.5. The smallest absolute Gasteiger partial charge is 0.415 e. The summed E-state index contributed by atoms with van der Waals surface area (Å²) in [5.74, 6) is -0.416. The summed E-state index contributed by atoms with van der Waals surface area (Å²) in [6, 6.07) is 9.09. The first kappa shape index (κ1) is 29.2. The molecule has 2 amide bonds. The second-order valence-corrected chi connectivity index (χ2v) is 9.59. The maximum atomic E-state index is 12.8. The van der Waals surface area contributed by atoms with Crippen LogP contribution in [0.2, 0.25) is 0 Å². The molecule has 1 fully saturated rings. The Morgan fingerprint density at radius 3 is 2.37 bits per heavy atom. The van der Waals surface area contributed by atoms with Gasteiger partial charge in [0.25, 0.3) is 0 Å². The fraction of sp³-hybridized carbons (Fsp3) is 0.379. The van der Waals surface area contributed by atoms with E-state index in [0.29, 0.717) is 54.8 Å². The molecule has 2 N–H and O–H groups in total. The highest BCUT2D eigenvalue weighted by atomic mass is 16.6. The molecule has 0 aliphatic carbocycles. The molecule has 1 aromatic carbocycles. The van der Waals surface area contributed by atoms with Gasteiger partial charge in [-0.15, -0.1) is 0 Å². The van der Waals surface area contributed by atoms with Crippen molar-refractivity contribution in [2.75, 3.05) is 41.3 Å². The predicted octanol–water partition coefficient (Wildman–Crippen LogP) is 4.10. The topological polar surface area (TPSA) is 141 Å². The summed E-state index contributed by atoms with van der Waals surface area (Å²) in [5.41, 5.74) is 1.51. The van der Waals surface area contributed by atoms with Crippen LogP contribution in [0.15, 0.2) is 55.0 Å². The Bertz CT molecular complexity index is 1340. The van der Waals surface area contributed by atoms with Crippen molar-refractivity contribution in [3.05, 3.63) is 60.6 Å². The van der Waals surface area contributed by atoms with Crippen LogP contribution in [-0.2, 0) is 16.0 Å². The summed E-state index contributed by atoms with van der Waals surface area (Å²) in [7, 11) is 0. The zero-order valence-electron chi connectivity index (χ0n) is 23.5. The summed E-state index contributed by atoms with van der Waals surface area (Å²) in [6.45, 7) is 8.01. The molecule has 0 bridgehead atoms. The van der Waals surface area contributed by atoms with Crippen molar-refractivity contribution in [3.63, 3.8) is 0 Å². The molecule has 2 aromatic heterocycles. The molecule has 3 aromatic rings. The Morgan fingerprint density at radius 2 is 1.78 bits per heavy atom. The highest BCUT2D eigenvalue weighted by Gasteiger charge is 2.26. The monoisotopic (exact) mass is 561 g/mol. The summed E-state index contributed by atoms with van der Waals surface area (Å²) in [4.78, 5) is 55.7. The second kappa shape index (κ2) is 13.6. The van der Waals surface area contributed by atoms with Gasteiger partial charge in [0.1, 0.15) is 17.5 Å². The van der Waals surface area contributed by atoms with E-state index >= 15 is 0 Å². The van der Waals surface area contributed by atoms with E-state index < -0.39 is 12.0 Å². The van der Waals surface area contributed by atoms with Crippen molar-refractivity contribution in [2.24, 2.45) is 0 Å². The van der Waals surface area contributed by atoms with Crippen LogP contribution in [0.5, 0.6) is 5.75 Å². The van der Waals surface area contributed by atoms with Gasteiger partial charge in [-0.2, -0.15) is 4.98 Å². The largest absolute Gasteiger partial charge is 0.480 e. The molecule has 1 atom stereocenters. The lowest BCUT2D eigenvalue weighted by molar-refractivity contribution is -0.137. The Morgan fingerprint density at radius 1 is 1.07 bits per heavy atom. The Balaban J connectivity index is 1.60. The van der Waals surface area contributed by atoms with Gasteiger partial charge >= 0.3 is 12.1 Å². The number of carboxylic acids is 1. The van der Waals surface area contributed by atoms with Gasteiger partial charge in [-0.25, -0.2) is 14.6 Å². The quantitative estimate of drug-likeness (QED) is 0.351. The Kier molecular flexibility index (Phi) is 9.67. The number of carboxylic acid groups (broad SMARTS) is 1. The normalized spacial score (nSPS) is 13.4. The predicted molar refractivity (Wildman–Crippen MR) is 155 cm³/mol. The van der Waals surface area contributed by atoms with E-state index in [1.54, 1.807) is 47.5 Å². The van der Waals surface area contributed by atoms with Crippen LogP contribution < -0.4 is 19.9 Å². The highest BCUT2D eigenvalue weighted by molar-refractivity contribution is 6.01. The van der Waals surface area contributed by atoms with Crippen molar-refractivity contribution in [2.45, 2.75) is 46.1 Å². The van der Waals surface area contributed by atoms with E-state index in [0.717, 1.165) is 12.8 Å². The zero-order chi connectivity index (χ0) is 29.4. The van der Waals surface area contributed by atoms with Crippen molar-refractivity contribution < 1.29 is 24.2 Å². The van der Waals surface area contributed by atoms with E-state index in [-0.39, 0.29) is 24.2 Å². The van der Waals surface area contributed by atoms with Gasteiger partial charge in [0, 0.05) is 45.7 Å². The third kappa shape index (κ3) is 7.27. The van der Waals surface area contributed by atoms with Gasteiger partial charge in [0.15, 0.2) is 5.82 Å². The number of carbonyl (C=O) groups is 3. The van der Waals surface area contributed by atoms with Crippen LogP contribution in [0.1, 0.15) is 39.2 Å². The summed E-state index contributed by atoms with van der Waals surface area (Å²) >= 11 is 0. The number of anilines is 4. The first-order valence-electron chi connectivity index (χ1n) is 13.7. The van der Waals surface area contributed by atoms with Crippen LogP contribution in [0.4, 0.5) is 27.9 Å². The Labute approximate surface area is 239 Å². The standard InChI is InChI=1S/C29H35N7O5/c1-4-34(5-2)28-31-19-25(36(20(3)37)22-9-8-14-30-18-22)26(33-28)32-24(27(38)39)17-21-10-12-23(13-11-21)41-29(40)35-15-6-7-16-35/h8-14,18-19,24H,4-7,15-17H2,1-3H3,(H,38,39)(H,31,32,33)/t24-/m0/s1. The lowest BCUT2D eigenvalue weighted by Crippen LogP contribution is -2.34. The van der Waals surface area contributed by atoms with Gasteiger partial charge in [-0.1, -0.05) is 12.1 Å². The molecule has 1 aliphatic heterocycles. The average molecular weight is 562 g/mol. The van der Waals surface area contributed by atoms with Crippen molar-refractivity contribution >= 4 is 41.1 Å². The number of hydrogen-bond acceptors (Lipinski definition) is 9. The van der Waals surface area contributed by atoms with Crippen LogP contribution in [0.3, 0.4) is 0 Å². The second-order valence-electron chi connectivity index (χ2n) is 9.59. The van der Waals surface area contributed by atoms with Crippen LogP contribution in [0.25, 0.3) is 0 Å². The van der Waals surface area contributed by atoms with Crippen LogP contribution in [-0.4, -0.2) is 75.1 Å². The molecule has 12 nitrogen and oxygen atoms in total. The number of nitrogens with zero attached hydrogens (tertiary/aromatic N) is 6. The maximum Gasteiger partial charge on any atom is 0.415 e. The molecular weight excluding hydrogens is 526 g/mol. The lowest BCUT2D eigenvalue weighted by Gasteiger charge is -2.27. The lowest BCUT2D eigenvalue weighted by atomic mass is 10.1. The first-order chi connectivity index (χ1) is 19.8. The number of aliphatic carboxylic acids is 1. The van der Waals surface area contributed by atoms with E-state index in [1.807, 2.05) is 18.7 Å². The fourth-order valence-corrected chi connectivity index (χ4v) is 4.63. The molecule has 0 unspecified atom stereocenters. The number of benzene rings is 1. The van der Waals surface area contributed by atoms with Gasteiger partial charge in [0.2, 0.25) is 11.9 Å². The van der Waals surface area contributed by atoms with Crippen molar-refractivity contribution in [1.82, 2.24) is 19.9 Å². The van der Waals surface area contributed by atoms with Crippen LogP contribution in [0, 0.1) is 0 Å². The molecule has 3 heterocycles. The van der Waals surface area contributed by atoms with E-state index in [1.165, 1.54) is 24.2 Å². The van der Waals surface area contributed by atoms with E-state index in [2.05, 4.69) is 20.3 Å². The van der Waals surface area contributed by atoms with Crippen molar-refractivity contribution in [3.8, 4) is 5.75 Å². The molecule has 41 heavy (non-hydrogen) atoms. The Hall–Kier alpha value is -4.74. The number of pyridine rings is 1. The molecule has 216 valence electrons. The van der Waals surface area contributed by atoms with Crippen LogP contribution >= 0.6 is 0 Å². The number of nitrogens with one attached hydrogen (secondary N) is 1. The molecule has 1 aliphatic rings. The molecule has 4 rings (SSSR count). The van der Waals surface area contributed by atoms with Crippen molar-refractivity contribution in [1.29, 1.82) is 0 Å². The van der Waals surface area contributed by atoms with E-state index in [9.17, 15) is 19.5 Å². The molecular formula is C29H35N7O5.